The number of hydrogen-bond donors (Lipinski definition) is 1. The monoisotopic (exact) mass is 314 g/mol. The van der Waals surface area contributed by atoms with Gasteiger partial charge in [0.05, 0.1) is 0 Å². The van der Waals surface area contributed by atoms with E-state index in [0.717, 1.165) is 31.5 Å². The van der Waals surface area contributed by atoms with Crippen LogP contribution in [-0.2, 0) is 4.79 Å². The van der Waals surface area contributed by atoms with E-state index < -0.39 is 0 Å². The van der Waals surface area contributed by atoms with Gasteiger partial charge in [0, 0.05) is 25.2 Å². The van der Waals surface area contributed by atoms with Crippen LogP contribution in [-0.4, -0.2) is 36.5 Å². The third kappa shape index (κ3) is 5.83. The highest BCUT2D eigenvalue weighted by atomic mass is 16.1. The minimum absolute atomic E-state index is 0.0203. The quantitative estimate of drug-likeness (QED) is 0.810. The fraction of sp³-hybridized carbons (Fsp3) is 0.550. The van der Waals surface area contributed by atoms with Gasteiger partial charge in [-0.15, -0.1) is 0 Å². The molecule has 3 nitrogen and oxygen atoms in total. The zero-order valence-corrected chi connectivity index (χ0v) is 14.7. The smallest absolute Gasteiger partial charge is 0.244 e. The number of rotatable bonds is 6. The second-order valence-corrected chi connectivity index (χ2v) is 6.78. The lowest BCUT2D eigenvalue weighted by Crippen LogP contribution is -2.44. The molecule has 1 aromatic rings. The molecule has 1 saturated heterocycles. The van der Waals surface area contributed by atoms with Crippen LogP contribution in [0.5, 0.6) is 0 Å². The predicted octanol–water partition coefficient (Wildman–Crippen LogP) is 3.81. The Labute approximate surface area is 140 Å². The van der Waals surface area contributed by atoms with Crippen LogP contribution in [0.15, 0.2) is 30.3 Å². The lowest BCUT2D eigenvalue weighted by molar-refractivity contribution is -0.117. The van der Waals surface area contributed by atoms with Crippen molar-refractivity contribution < 1.29 is 4.79 Å². The molecule has 0 aliphatic carbocycles. The van der Waals surface area contributed by atoms with E-state index in [4.69, 9.17) is 0 Å². The number of carbonyl (C=O) groups is 1. The Bertz CT molecular complexity index is 511. The largest absolute Gasteiger partial charge is 0.350 e. The average molecular weight is 314 g/mol. The molecular formula is C20H30N2O. The number of benzene rings is 1. The van der Waals surface area contributed by atoms with Crippen molar-refractivity contribution in [2.45, 2.75) is 52.0 Å². The Morgan fingerprint density at radius 3 is 2.48 bits per heavy atom. The van der Waals surface area contributed by atoms with Crippen LogP contribution >= 0.6 is 0 Å². The molecule has 0 atom stereocenters. The molecule has 126 valence electrons. The summed E-state index contributed by atoms with van der Waals surface area (Å²) >= 11 is 0. The van der Waals surface area contributed by atoms with Crippen LogP contribution in [0.25, 0.3) is 6.08 Å². The van der Waals surface area contributed by atoms with Crippen molar-refractivity contribution in [3.63, 3.8) is 0 Å². The van der Waals surface area contributed by atoms with Crippen LogP contribution in [0.3, 0.4) is 0 Å². The van der Waals surface area contributed by atoms with Crippen LogP contribution in [0.1, 0.15) is 57.1 Å². The standard InChI is InChI=1S/C20H30N2O/c1-4-13-22-14-11-19(12-15-22)21-20(23)10-7-17-5-8-18(9-6-17)16(2)3/h5-10,16,19H,4,11-15H2,1-3H3,(H,21,23)/b10-7+. The minimum Gasteiger partial charge on any atom is -0.350 e. The third-order valence-corrected chi connectivity index (χ3v) is 4.50. The molecule has 0 unspecified atom stereocenters. The van der Waals surface area contributed by atoms with Crippen molar-refractivity contribution in [2.24, 2.45) is 0 Å². The van der Waals surface area contributed by atoms with E-state index in [0.29, 0.717) is 12.0 Å². The number of carbonyl (C=O) groups excluding carboxylic acids is 1. The number of nitrogens with one attached hydrogen (secondary N) is 1. The molecule has 1 aromatic carbocycles. The van der Waals surface area contributed by atoms with E-state index in [1.54, 1.807) is 6.08 Å². The summed E-state index contributed by atoms with van der Waals surface area (Å²) in [6.07, 6.45) is 6.87. The maximum Gasteiger partial charge on any atom is 0.244 e. The second-order valence-electron chi connectivity index (χ2n) is 6.78. The Morgan fingerprint density at radius 2 is 1.91 bits per heavy atom. The number of piperidine rings is 1. The van der Waals surface area contributed by atoms with E-state index in [2.05, 4.69) is 55.3 Å². The zero-order valence-electron chi connectivity index (χ0n) is 14.7. The van der Waals surface area contributed by atoms with Gasteiger partial charge in [-0.3, -0.25) is 4.79 Å². The molecule has 0 aromatic heterocycles. The fourth-order valence-electron chi connectivity index (χ4n) is 3.03. The van der Waals surface area contributed by atoms with Gasteiger partial charge in [0.25, 0.3) is 0 Å². The minimum atomic E-state index is 0.0203. The van der Waals surface area contributed by atoms with Crippen LogP contribution in [0.2, 0.25) is 0 Å². The first kappa shape index (κ1) is 17.7. The molecule has 3 heteroatoms. The first-order chi connectivity index (χ1) is 11.1. The van der Waals surface area contributed by atoms with Gasteiger partial charge in [-0.1, -0.05) is 45.0 Å². The highest BCUT2D eigenvalue weighted by Crippen LogP contribution is 2.15. The third-order valence-electron chi connectivity index (χ3n) is 4.50. The van der Waals surface area contributed by atoms with Gasteiger partial charge >= 0.3 is 0 Å². The number of likely N-dealkylation sites (tertiary alicyclic amines) is 1. The SMILES string of the molecule is CCCN1CCC(NC(=O)/C=C/c2ccc(C(C)C)cc2)CC1. The summed E-state index contributed by atoms with van der Waals surface area (Å²) < 4.78 is 0. The summed E-state index contributed by atoms with van der Waals surface area (Å²) in [4.78, 5) is 14.5. The summed E-state index contributed by atoms with van der Waals surface area (Å²) in [6.45, 7) is 9.95. The first-order valence-corrected chi connectivity index (χ1v) is 8.89. The Kier molecular flexibility index (Phi) is 6.85. The number of amides is 1. The van der Waals surface area contributed by atoms with E-state index in [9.17, 15) is 4.79 Å². The van der Waals surface area contributed by atoms with Crippen molar-refractivity contribution in [3.8, 4) is 0 Å². The van der Waals surface area contributed by atoms with Crippen molar-refractivity contribution in [1.82, 2.24) is 10.2 Å². The maximum absolute atomic E-state index is 12.1. The van der Waals surface area contributed by atoms with E-state index in [1.165, 1.54) is 18.5 Å². The summed E-state index contributed by atoms with van der Waals surface area (Å²) in [6, 6.07) is 8.73. The van der Waals surface area contributed by atoms with Crippen molar-refractivity contribution in [3.05, 3.63) is 41.5 Å². The lowest BCUT2D eigenvalue weighted by Gasteiger charge is -2.31. The highest BCUT2D eigenvalue weighted by molar-refractivity contribution is 5.91. The molecule has 23 heavy (non-hydrogen) atoms. The van der Waals surface area contributed by atoms with Gasteiger partial charge in [0.2, 0.25) is 5.91 Å². The van der Waals surface area contributed by atoms with Crippen LogP contribution < -0.4 is 5.32 Å². The average Bonchev–Trinajstić information content (AvgIpc) is 2.55. The first-order valence-electron chi connectivity index (χ1n) is 8.89. The normalized spacial score (nSPS) is 17.0. The van der Waals surface area contributed by atoms with Crippen LogP contribution in [0.4, 0.5) is 0 Å². The molecule has 1 aliphatic rings. The molecule has 1 amide bonds. The van der Waals surface area contributed by atoms with E-state index >= 15 is 0 Å². The van der Waals surface area contributed by atoms with E-state index in [-0.39, 0.29) is 5.91 Å². The Hall–Kier alpha value is -1.61. The molecule has 2 rings (SSSR count). The zero-order chi connectivity index (χ0) is 16.7. The fourth-order valence-corrected chi connectivity index (χ4v) is 3.03. The summed E-state index contributed by atoms with van der Waals surface area (Å²) in [7, 11) is 0. The Morgan fingerprint density at radius 1 is 1.26 bits per heavy atom. The van der Waals surface area contributed by atoms with Crippen molar-refractivity contribution in [1.29, 1.82) is 0 Å². The molecule has 0 spiro atoms. The van der Waals surface area contributed by atoms with E-state index in [1.807, 2.05) is 6.08 Å². The molecule has 0 saturated carbocycles. The topological polar surface area (TPSA) is 32.3 Å². The lowest BCUT2D eigenvalue weighted by atomic mass is 10.0. The second kappa shape index (κ2) is 8.88. The van der Waals surface area contributed by atoms with Crippen molar-refractivity contribution in [2.75, 3.05) is 19.6 Å². The molecule has 1 aliphatic heterocycles. The predicted molar refractivity (Wildman–Crippen MR) is 97.5 cm³/mol. The van der Waals surface area contributed by atoms with Crippen LogP contribution in [0, 0.1) is 0 Å². The molecular weight excluding hydrogens is 284 g/mol. The highest BCUT2D eigenvalue weighted by Gasteiger charge is 2.19. The maximum atomic E-state index is 12.1. The van der Waals surface area contributed by atoms with Gasteiger partial charge in [-0.05, 0) is 48.9 Å². The van der Waals surface area contributed by atoms with Gasteiger partial charge in [0.15, 0.2) is 0 Å². The number of hydrogen-bond acceptors (Lipinski definition) is 2. The molecule has 0 radical (unpaired) electrons. The summed E-state index contributed by atoms with van der Waals surface area (Å²) in [5, 5.41) is 3.13. The van der Waals surface area contributed by atoms with Gasteiger partial charge in [-0.25, -0.2) is 0 Å². The van der Waals surface area contributed by atoms with Gasteiger partial charge in [-0.2, -0.15) is 0 Å². The molecule has 1 heterocycles. The summed E-state index contributed by atoms with van der Waals surface area (Å²) in [5.41, 5.74) is 2.40. The molecule has 1 N–H and O–H groups in total. The van der Waals surface area contributed by atoms with Gasteiger partial charge < -0.3 is 10.2 Å². The van der Waals surface area contributed by atoms with Crippen molar-refractivity contribution >= 4 is 12.0 Å². The number of nitrogens with zero attached hydrogens (tertiary/aromatic N) is 1. The molecule has 0 bridgehead atoms. The van der Waals surface area contributed by atoms with Gasteiger partial charge in [0.1, 0.15) is 0 Å². The Balaban J connectivity index is 1.78. The summed E-state index contributed by atoms with van der Waals surface area (Å²) in [5.74, 6) is 0.557. The molecule has 1 fully saturated rings.